The van der Waals surface area contributed by atoms with Gasteiger partial charge >= 0.3 is 0 Å². The van der Waals surface area contributed by atoms with E-state index < -0.39 is 0 Å². The van der Waals surface area contributed by atoms with Crippen molar-refractivity contribution in [3.8, 4) is 0 Å². The maximum absolute atomic E-state index is 6.21. The molecule has 5 rings (SSSR count). The fraction of sp³-hybridized carbons (Fsp3) is 0.615. The topological polar surface area (TPSA) is 50.9 Å². The number of pyridine rings is 1. The van der Waals surface area contributed by atoms with Crippen molar-refractivity contribution in [2.45, 2.75) is 43.7 Å². The minimum Gasteiger partial charge on any atom is -0.381 e. The zero-order chi connectivity index (χ0) is 10.9. The quantitative estimate of drug-likeness (QED) is 0.752. The molecular formula is C13H17N3. The zero-order valence-electron chi connectivity index (χ0n) is 9.53. The Hall–Kier alpha value is -1.09. The van der Waals surface area contributed by atoms with Crippen LogP contribution in [0.5, 0.6) is 0 Å². The van der Waals surface area contributed by atoms with E-state index in [4.69, 9.17) is 10.7 Å². The molecule has 2 saturated carbocycles. The van der Waals surface area contributed by atoms with Crippen LogP contribution in [-0.2, 0) is 5.54 Å². The van der Waals surface area contributed by atoms with Crippen LogP contribution in [0.1, 0.15) is 43.5 Å². The Morgan fingerprint density at radius 2 is 2.25 bits per heavy atom. The summed E-state index contributed by atoms with van der Waals surface area (Å²) in [6, 6.07) is 4.96. The summed E-state index contributed by atoms with van der Waals surface area (Å²) in [4.78, 5) is 4.83. The Kier molecular flexibility index (Phi) is 1.46. The predicted molar refractivity (Wildman–Crippen MR) is 63.3 cm³/mol. The maximum atomic E-state index is 6.21. The minimum atomic E-state index is -0.0983. The second-order valence-corrected chi connectivity index (χ2v) is 5.74. The summed E-state index contributed by atoms with van der Waals surface area (Å²) in [7, 11) is 0. The van der Waals surface area contributed by atoms with E-state index in [-0.39, 0.29) is 5.54 Å². The van der Waals surface area contributed by atoms with Crippen LogP contribution >= 0.6 is 0 Å². The van der Waals surface area contributed by atoms with Gasteiger partial charge in [0.1, 0.15) is 0 Å². The van der Waals surface area contributed by atoms with E-state index in [0.717, 1.165) is 24.5 Å². The normalized spacial score (nSPS) is 37.0. The van der Waals surface area contributed by atoms with Gasteiger partial charge in [-0.15, -0.1) is 0 Å². The predicted octanol–water partition coefficient (Wildman–Crippen LogP) is 1.95. The number of nitrogens with two attached hydrogens (primary N) is 1. The Bertz CT molecular complexity index is 464. The molecule has 2 fully saturated rings. The van der Waals surface area contributed by atoms with Gasteiger partial charge in [-0.05, 0) is 37.3 Å². The molecule has 3 heterocycles. The van der Waals surface area contributed by atoms with Crippen molar-refractivity contribution in [3.63, 3.8) is 0 Å². The first-order chi connectivity index (χ1) is 7.67. The van der Waals surface area contributed by atoms with Crippen LogP contribution in [0.4, 0.5) is 5.69 Å². The van der Waals surface area contributed by atoms with E-state index in [2.05, 4.69) is 24.4 Å². The standard InChI is InChI=1S/C13H17N3/c1-7-8-6-10(7)15-9-2-3-11(16-12(8)9)13(14)4-5-13/h2-3,7-8,10,15H,4-6,14H2,1H3. The van der Waals surface area contributed by atoms with E-state index in [1.165, 1.54) is 17.8 Å². The van der Waals surface area contributed by atoms with Gasteiger partial charge in [-0.3, -0.25) is 4.98 Å². The highest BCUT2D eigenvalue weighted by Gasteiger charge is 2.47. The summed E-state index contributed by atoms with van der Waals surface area (Å²) in [5.74, 6) is 1.41. The summed E-state index contributed by atoms with van der Waals surface area (Å²) in [5.41, 5.74) is 9.73. The van der Waals surface area contributed by atoms with Crippen LogP contribution in [0.25, 0.3) is 0 Å². The first-order valence-electron chi connectivity index (χ1n) is 6.24. The van der Waals surface area contributed by atoms with Crippen LogP contribution in [0.3, 0.4) is 0 Å². The lowest BCUT2D eigenvalue weighted by molar-refractivity contribution is 0.226. The Morgan fingerprint density at radius 1 is 1.44 bits per heavy atom. The number of rotatable bonds is 1. The van der Waals surface area contributed by atoms with Crippen LogP contribution < -0.4 is 11.1 Å². The van der Waals surface area contributed by atoms with Crippen molar-refractivity contribution in [1.82, 2.24) is 4.98 Å². The van der Waals surface area contributed by atoms with Crippen molar-refractivity contribution in [2.24, 2.45) is 11.7 Å². The van der Waals surface area contributed by atoms with Gasteiger partial charge in [0, 0.05) is 12.0 Å². The van der Waals surface area contributed by atoms with E-state index in [1.54, 1.807) is 0 Å². The first-order valence-corrected chi connectivity index (χ1v) is 6.24. The van der Waals surface area contributed by atoms with E-state index in [0.29, 0.717) is 12.0 Å². The van der Waals surface area contributed by atoms with Gasteiger partial charge in [0.2, 0.25) is 0 Å². The number of anilines is 1. The molecule has 4 aliphatic rings. The van der Waals surface area contributed by atoms with Gasteiger partial charge in [0.05, 0.1) is 22.6 Å². The molecular weight excluding hydrogens is 198 g/mol. The number of hydrogen-bond donors (Lipinski definition) is 2. The van der Waals surface area contributed by atoms with Gasteiger partial charge in [-0.2, -0.15) is 0 Å². The fourth-order valence-electron chi connectivity index (χ4n) is 3.09. The van der Waals surface area contributed by atoms with Gasteiger partial charge in [0.25, 0.3) is 0 Å². The first kappa shape index (κ1) is 8.99. The molecule has 0 amide bonds. The third kappa shape index (κ3) is 0.995. The van der Waals surface area contributed by atoms with Crippen LogP contribution in [0.2, 0.25) is 0 Å². The molecule has 0 radical (unpaired) electrons. The van der Waals surface area contributed by atoms with Gasteiger partial charge in [-0.1, -0.05) is 6.92 Å². The zero-order valence-corrected chi connectivity index (χ0v) is 9.53. The van der Waals surface area contributed by atoms with Crippen molar-refractivity contribution in [1.29, 1.82) is 0 Å². The third-order valence-corrected chi connectivity index (χ3v) is 4.69. The lowest BCUT2D eigenvalue weighted by Gasteiger charge is -2.49. The largest absolute Gasteiger partial charge is 0.381 e. The summed E-state index contributed by atoms with van der Waals surface area (Å²) in [6.45, 7) is 2.32. The molecule has 0 saturated heterocycles. The average Bonchev–Trinajstić information content (AvgIpc) is 3.06. The molecule has 3 heteroatoms. The lowest BCUT2D eigenvalue weighted by atomic mass is 9.65. The summed E-state index contributed by atoms with van der Waals surface area (Å²) < 4.78 is 0. The number of nitrogens with zero attached hydrogens (tertiary/aromatic N) is 1. The molecule has 2 aliphatic heterocycles. The fourth-order valence-corrected chi connectivity index (χ4v) is 3.09. The highest BCUT2D eigenvalue weighted by atomic mass is 15.0. The van der Waals surface area contributed by atoms with Crippen LogP contribution in [0, 0.1) is 5.92 Å². The minimum absolute atomic E-state index is 0.0983. The molecule has 3 unspecified atom stereocenters. The highest BCUT2D eigenvalue weighted by molar-refractivity contribution is 5.57. The molecule has 3 N–H and O–H groups in total. The SMILES string of the molecule is CC1C2CC1c1nc(C3(N)CC3)ccc1N2. The molecule has 3 nitrogen and oxygen atoms in total. The molecule has 16 heavy (non-hydrogen) atoms. The second kappa shape index (κ2) is 2.59. The van der Waals surface area contributed by atoms with Gasteiger partial charge in [0.15, 0.2) is 0 Å². The number of aromatic nitrogens is 1. The molecule has 0 aromatic carbocycles. The van der Waals surface area contributed by atoms with Crippen LogP contribution in [-0.4, -0.2) is 11.0 Å². The maximum Gasteiger partial charge on any atom is 0.0673 e. The Labute approximate surface area is 95.4 Å². The Balaban J connectivity index is 1.80. The smallest absolute Gasteiger partial charge is 0.0673 e. The molecule has 0 spiro atoms. The van der Waals surface area contributed by atoms with E-state index >= 15 is 0 Å². The monoisotopic (exact) mass is 215 g/mol. The van der Waals surface area contributed by atoms with Crippen LogP contribution in [0.15, 0.2) is 12.1 Å². The molecule has 2 bridgehead atoms. The van der Waals surface area contributed by atoms with Crippen molar-refractivity contribution in [3.05, 3.63) is 23.5 Å². The lowest BCUT2D eigenvalue weighted by Crippen LogP contribution is -2.48. The number of nitrogens with one attached hydrogen (secondary N) is 1. The second-order valence-electron chi connectivity index (χ2n) is 5.74. The number of hydrogen-bond acceptors (Lipinski definition) is 3. The highest BCUT2D eigenvalue weighted by Crippen LogP contribution is 2.51. The molecule has 1 aromatic heterocycles. The van der Waals surface area contributed by atoms with Crippen molar-refractivity contribution >= 4 is 5.69 Å². The summed E-state index contributed by atoms with van der Waals surface area (Å²) in [5, 5.41) is 3.57. The van der Waals surface area contributed by atoms with Crippen molar-refractivity contribution in [2.75, 3.05) is 5.32 Å². The summed E-state index contributed by atoms with van der Waals surface area (Å²) in [6.07, 6.45) is 3.44. The van der Waals surface area contributed by atoms with Gasteiger partial charge in [-0.25, -0.2) is 0 Å². The van der Waals surface area contributed by atoms with E-state index in [1.807, 2.05) is 0 Å². The molecule has 2 aliphatic carbocycles. The average molecular weight is 215 g/mol. The molecule has 84 valence electrons. The molecule has 1 aromatic rings. The van der Waals surface area contributed by atoms with Gasteiger partial charge < -0.3 is 11.1 Å². The van der Waals surface area contributed by atoms with Crippen molar-refractivity contribution < 1.29 is 0 Å². The third-order valence-electron chi connectivity index (χ3n) is 4.69. The molecule has 3 atom stereocenters. The van der Waals surface area contributed by atoms with E-state index in [9.17, 15) is 0 Å². The summed E-state index contributed by atoms with van der Waals surface area (Å²) >= 11 is 0. The Morgan fingerprint density at radius 3 is 2.94 bits per heavy atom.